The van der Waals surface area contributed by atoms with Crippen molar-refractivity contribution in [3.63, 3.8) is 0 Å². The van der Waals surface area contributed by atoms with E-state index in [1.807, 2.05) is 0 Å². The summed E-state index contributed by atoms with van der Waals surface area (Å²) in [4.78, 5) is 27.8. The number of amides is 1. The number of hydrogen-bond donors (Lipinski definition) is 3. The Bertz CT molecular complexity index is 1090. The first-order valence-corrected chi connectivity index (χ1v) is 9.63. The van der Waals surface area contributed by atoms with Gasteiger partial charge in [0.05, 0.1) is 15.7 Å². The summed E-state index contributed by atoms with van der Waals surface area (Å²) in [5, 5.41) is 15.0. The van der Waals surface area contributed by atoms with Crippen molar-refractivity contribution in [3.05, 3.63) is 87.7 Å². The molecule has 160 valence electrons. The van der Waals surface area contributed by atoms with Crippen LogP contribution in [-0.2, 0) is 11.2 Å². The van der Waals surface area contributed by atoms with Crippen LogP contribution in [0.25, 0.3) is 0 Å². The number of aromatic nitrogens is 1. The molecule has 0 radical (unpaired) electrons. The lowest BCUT2D eigenvalue weighted by Gasteiger charge is -2.16. The van der Waals surface area contributed by atoms with Gasteiger partial charge in [-0.3, -0.25) is 9.78 Å². The van der Waals surface area contributed by atoms with Gasteiger partial charge in [0.2, 0.25) is 0 Å². The van der Waals surface area contributed by atoms with Crippen LogP contribution in [0.4, 0.5) is 20.2 Å². The van der Waals surface area contributed by atoms with Crippen LogP contribution in [-0.4, -0.2) is 28.0 Å². The molecule has 0 fully saturated rings. The van der Waals surface area contributed by atoms with Crippen LogP contribution in [0.1, 0.15) is 15.9 Å². The number of carbonyl (C=O) groups excluding carboxylic acids is 1. The zero-order valence-corrected chi connectivity index (χ0v) is 17.2. The molecule has 0 saturated carbocycles. The molecule has 1 amide bonds. The minimum atomic E-state index is -1.20. The van der Waals surface area contributed by atoms with Crippen molar-refractivity contribution in [2.75, 3.05) is 10.6 Å². The summed E-state index contributed by atoms with van der Waals surface area (Å²) in [5.74, 6) is -3.31. The van der Waals surface area contributed by atoms with E-state index in [2.05, 4.69) is 15.6 Å². The van der Waals surface area contributed by atoms with Crippen LogP contribution in [0, 0.1) is 11.6 Å². The summed E-state index contributed by atoms with van der Waals surface area (Å²) in [7, 11) is 0. The van der Waals surface area contributed by atoms with Gasteiger partial charge in [-0.25, -0.2) is 13.6 Å². The van der Waals surface area contributed by atoms with Gasteiger partial charge >= 0.3 is 5.97 Å². The summed E-state index contributed by atoms with van der Waals surface area (Å²) in [6.45, 7) is 0. The van der Waals surface area contributed by atoms with Gasteiger partial charge in [-0.05, 0) is 29.8 Å². The van der Waals surface area contributed by atoms with Gasteiger partial charge in [0.15, 0.2) is 0 Å². The summed E-state index contributed by atoms with van der Waals surface area (Å²) < 4.78 is 26.7. The monoisotopic (exact) mass is 465 g/mol. The molecule has 3 rings (SSSR count). The maximum absolute atomic E-state index is 13.3. The number of pyridine rings is 1. The Morgan fingerprint density at radius 3 is 2.13 bits per heavy atom. The standard InChI is InChI=1S/C21H15Cl2F2N3O3/c22-16-9-26-10-17(23)19(16)28-20(29)12-3-1-11(2-4-12)5-18(21(30)31)27-15-7-13(24)6-14(25)8-15/h1-4,6-10,18,27H,5H2,(H,30,31)(H,26,28,29). The van der Waals surface area contributed by atoms with E-state index in [1.165, 1.54) is 24.5 Å². The zero-order valence-electron chi connectivity index (χ0n) is 15.7. The van der Waals surface area contributed by atoms with Crippen LogP contribution >= 0.6 is 23.2 Å². The number of carboxylic acid groups (broad SMARTS) is 1. The number of halogens is 4. The maximum atomic E-state index is 13.3. The average Bonchev–Trinajstić information content (AvgIpc) is 2.70. The van der Waals surface area contributed by atoms with Gasteiger partial charge in [-0.2, -0.15) is 0 Å². The first-order valence-electron chi connectivity index (χ1n) is 8.87. The number of nitrogens with one attached hydrogen (secondary N) is 2. The zero-order chi connectivity index (χ0) is 22.5. The Hall–Kier alpha value is -3.23. The predicted molar refractivity (Wildman–Crippen MR) is 114 cm³/mol. The summed E-state index contributed by atoms with van der Waals surface area (Å²) >= 11 is 12.0. The molecule has 0 bridgehead atoms. The Kier molecular flexibility index (Phi) is 7.04. The van der Waals surface area contributed by atoms with Crippen LogP contribution < -0.4 is 10.6 Å². The molecule has 0 saturated heterocycles. The lowest BCUT2D eigenvalue weighted by atomic mass is 10.0. The number of rotatable bonds is 7. The van der Waals surface area contributed by atoms with Gasteiger partial charge in [0, 0.05) is 36.1 Å². The molecule has 2 aromatic carbocycles. The number of hydrogen-bond acceptors (Lipinski definition) is 4. The van der Waals surface area contributed by atoms with Crippen molar-refractivity contribution in [2.45, 2.75) is 12.5 Å². The minimum absolute atomic E-state index is 0.00649. The van der Waals surface area contributed by atoms with E-state index in [-0.39, 0.29) is 27.8 Å². The first kappa shape index (κ1) is 22.5. The molecule has 6 nitrogen and oxygen atoms in total. The molecule has 3 N–H and O–H groups in total. The molecule has 31 heavy (non-hydrogen) atoms. The largest absolute Gasteiger partial charge is 0.480 e. The number of anilines is 2. The second kappa shape index (κ2) is 9.72. The quantitative estimate of drug-likeness (QED) is 0.455. The Morgan fingerprint density at radius 2 is 1.58 bits per heavy atom. The highest BCUT2D eigenvalue weighted by Crippen LogP contribution is 2.29. The molecule has 0 spiro atoms. The van der Waals surface area contributed by atoms with E-state index in [0.717, 1.165) is 12.1 Å². The highest BCUT2D eigenvalue weighted by molar-refractivity contribution is 6.39. The number of carbonyl (C=O) groups is 2. The normalized spacial score (nSPS) is 11.6. The number of nitrogens with zero attached hydrogens (tertiary/aromatic N) is 1. The Morgan fingerprint density at radius 1 is 1.00 bits per heavy atom. The SMILES string of the molecule is O=C(Nc1c(Cl)cncc1Cl)c1ccc(CC(Nc2cc(F)cc(F)c2)C(=O)O)cc1. The lowest BCUT2D eigenvalue weighted by Crippen LogP contribution is -2.31. The Balaban J connectivity index is 1.70. The molecule has 3 aromatic rings. The third-order valence-corrected chi connectivity index (χ3v) is 4.82. The van der Waals surface area contributed by atoms with Crippen LogP contribution in [0.3, 0.4) is 0 Å². The molecule has 0 aliphatic heterocycles. The first-order chi connectivity index (χ1) is 14.7. The summed E-state index contributed by atoms with van der Waals surface area (Å²) in [6, 6.07) is 7.72. The summed E-state index contributed by atoms with van der Waals surface area (Å²) in [5.41, 5.74) is 1.12. The van der Waals surface area contributed by atoms with E-state index in [9.17, 15) is 23.5 Å². The topological polar surface area (TPSA) is 91.3 Å². The van der Waals surface area contributed by atoms with Crippen molar-refractivity contribution < 1.29 is 23.5 Å². The number of aliphatic carboxylic acids is 1. The summed E-state index contributed by atoms with van der Waals surface area (Å²) in [6.07, 6.45) is 2.70. The molecule has 1 atom stereocenters. The predicted octanol–water partition coefficient (Wildman–Crippen LogP) is 5.03. The highest BCUT2D eigenvalue weighted by atomic mass is 35.5. The van der Waals surface area contributed by atoms with E-state index in [4.69, 9.17) is 23.2 Å². The van der Waals surface area contributed by atoms with Crippen molar-refractivity contribution in [1.29, 1.82) is 0 Å². The smallest absolute Gasteiger partial charge is 0.326 e. The highest BCUT2D eigenvalue weighted by Gasteiger charge is 2.19. The van der Waals surface area contributed by atoms with Gasteiger partial charge in [0.1, 0.15) is 17.7 Å². The van der Waals surface area contributed by atoms with E-state index in [0.29, 0.717) is 17.2 Å². The van der Waals surface area contributed by atoms with E-state index >= 15 is 0 Å². The number of carboxylic acids is 1. The molecule has 1 unspecified atom stereocenters. The molecular weight excluding hydrogens is 451 g/mol. The van der Waals surface area contributed by atoms with E-state index < -0.39 is 29.6 Å². The fourth-order valence-electron chi connectivity index (χ4n) is 2.78. The lowest BCUT2D eigenvalue weighted by molar-refractivity contribution is -0.137. The molecule has 0 aliphatic carbocycles. The van der Waals surface area contributed by atoms with Crippen molar-refractivity contribution >= 4 is 46.5 Å². The van der Waals surface area contributed by atoms with Gasteiger partial charge in [-0.15, -0.1) is 0 Å². The average molecular weight is 466 g/mol. The molecular formula is C21H15Cl2F2N3O3. The third-order valence-electron chi connectivity index (χ3n) is 4.25. The second-order valence-corrected chi connectivity index (χ2v) is 7.34. The molecule has 0 aliphatic rings. The van der Waals surface area contributed by atoms with Crippen molar-refractivity contribution in [1.82, 2.24) is 4.98 Å². The Labute approximate surface area is 185 Å². The van der Waals surface area contributed by atoms with Gasteiger partial charge in [-0.1, -0.05) is 35.3 Å². The van der Waals surface area contributed by atoms with Crippen LogP contribution in [0.2, 0.25) is 10.0 Å². The van der Waals surface area contributed by atoms with Crippen molar-refractivity contribution in [2.24, 2.45) is 0 Å². The second-order valence-electron chi connectivity index (χ2n) is 6.53. The fourth-order valence-corrected chi connectivity index (χ4v) is 3.24. The molecule has 1 aromatic heterocycles. The minimum Gasteiger partial charge on any atom is -0.480 e. The van der Waals surface area contributed by atoms with Gasteiger partial charge < -0.3 is 15.7 Å². The number of benzene rings is 2. The van der Waals surface area contributed by atoms with Crippen LogP contribution in [0.5, 0.6) is 0 Å². The molecule has 10 heteroatoms. The van der Waals surface area contributed by atoms with Crippen LogP contribution in [0.15, 0.2) is 54.9 Å². The van der Waals surface area contributed by atoms with Gasteiger partial charge in [0.25, 0.3) is 5.91 Å². The van der Waals surface area contributed by atoms with Crippen molar-refractivity contribution in [3.8, 4) is 0 Å². The maximum Gasteiger partial charge on any atom is 0.326 e. The molecule has 1 heterocycles. The third kappa shape index (κ3) is 5.90. The fraction of sp³-hybridized carbons (Fsp3) is 0.0952. The van der Waals surface area contributed by atoms with E-state index in [1.54, 1.807) is 12.1 Å².